The smallest absolute Gasteiger partial charge is 0.262 e. The molecule has 0 bridgehead atoms. The number of carbonyl (C=O) groups is 1. The van der Waals surface area contributed by atoms with Crippen LogP contribution in [-0.4, -0.2) is 53.0 Å². The highest BCUT2D eigenvalue weighted by Gasteiger charge is 2.21. The zero-order valence-corrected chi connectivity index (χ0v) is 17.5. The first kappa shape index (κ1) is 18.6. The summed E-state index contributed by atoms with van der Waals surface area (Å²) in [5, 5.41) is 6.36. The Labute approximate surface area is 177 Å². The fraction of sp³-hybridized carbons (Fsp3) is 0.333. The van der Waals surface area contributed by atoms with Gasteiger partial charge in [0.2, 0.25) is 0 Å². The van der Waals surface area contributed by atoms with Crippen LogP contribution < -0.4 is 15.4 Å². The largest absolute Gasteiger partial charge is 0.482 e. The Morgan fingerprint density at radius 3 is 3.03 bits per heavy atom. The second-order valence-corrected chi connectivity index (χ2v) is 8.33. The van der Waals surface area contributed by atoms with Crippen LogP contribution in [0.2, 0.25) is 0 Å². The van der Waals surface area contributed by atoms with Crippen LogP contribution in [0.3, 0.4) is 0 Å². The van der Waals surface area contributed by atoms with Crippen molar-refractivity contribution in [2.45, 2.75) is 13.0 Å². The van der Waals surface area contributed by atoms with E-state index in [1.54, 1.807) is 0 Å². The van der Waals surface area contributed by atoms with Gasteiger partial charge in [-0.1, -0.05) is 0 Å². The Bertz CT molecular complexity index is 1070. The number of carbonyl (C=O) groups excluding carboxylic acids is 1. The van der Waals surface area contributed by atoms with Gasteiger partial charge in [-0.3, -0.25) is 9.69 Å². The molecule has 5 rings (SSSR count). The van der Waals surface area contributed by atoms with E-state index >= 15 is 0 Å². The summed E-state index contributed by atoms with van der Waals surface area (Å²) in [6, 6.07) is 9.90. The van der Waals surface area contributed by atoms with Crippen molar-refractivity contribution in [3.05, 3.63) is 46.7 Å². The molecule has 4 heterocycles. The van der Waals surface area contributed by atoms with Crippen molar-refractivity contribution in [2.75, 3.05) is 38.1 Å². The standard InChI is InChI=1S/C21H22BrN5O2/c22-15-3-5-19-25-21(14-2-4-18-16(10-14)24-20(28)13-29-18)17(27(19)11-15)12-26-8-1-6-23-7-9-26/h2-5,10-11,23H,1,6-9,12-13H2,(H,24,28). The number of amides is 1. The molecule has 150 valence electrons. The summed E-state index contributed by atoms with van der Waals surface area (Å²) in [5.41, 5.74) is 4.65. The number of benzene rings is 1. The highest BCUT2D eigenvalue weighted by molar-refractivity contribution is 9.10. The van der Waals surface area contributed by atoms with E-state index in [4.69, 9.17) is 9.72 Å². The minimum absolute atomic E-state index is 0.0585. The number of hydrogen-bond acceptors (Lipinski definition) is 5. The van der Waals surface area contributed by atoms with Crippen LogP contribution in [0, 0.1) is 0 Å². The van der Waals surface area contributed by atoms with Crippen LogP contribution in [0.4, 0.5) is 5.69 Å². The van der Waals surface area contributed by atoms with Gasteiger partial charge in [0, 0.05) is 35.9 Å². The molecule has 0 radical (unpaired) electrons. The van der Waals surface area contributed by atoms with E-state index in [0.717, 1.165) is 66.2 Å². The Morgan fingerprint density at radius 1 is 1.17 bits per heavy atom. The first-order valence-electron chi connectivity index (χ1n) is 9.84. The molecule has 2 aliphatic heterocycles. The van der Waals surface area contributed by atoms with Gasteiger partial charge >= 0.3 is 0 Å². The van der Waals surface area contributed by atoms with Gasteiger partial charge in [0.25, 0.3) is 5.91 Å². The second kappa shape index (κ2) is 7.78. The number of anilines is 1. The number of fused-ring (bicyclic) bond motifs is 2. The molecule has 3 aromatic rings. The highest BCUT2D eigenvalue weighted by atomic mass is 79.9. The van der Waals surface area contributed by atoms with E-state index in [1.807, 2.05) is 30.3 Å². The van der Waals surface area contributed by atoms with Crippen LogP contribution in [0.25, 0.3) is 16.9 Å². The van der Waals surface area contributed by atoms with Crippen molar-refractivity contribution >= 4 is 33.2 Å². The molecule has 29 heavy (non-hydrogen) atoms. The van der Waals surface area contributed by atoms with Gasteiger partial charge in [-0.05, 0) is 65.8 Å². The molecule has 0 spiro atoms. The lowest BCUT2D eigenvalue weighted by atomic mass is 10.1. The topological polar surface area (TPSA) is 70.9 Å². The van der Waals surface area contributed by atoms with E-state index in [1.165, 1.54) is 0 Å². The van der Waals surface area contributed by atoms with Crippen molar-refractivity contribution in [3.63, 3.8) is 0 Å². The predicted octanol–water partition coefficient (Wildman–Crippen LogP) is 2.89. The van der Waals surface area contributed by atoms with Crippen LogP contribution in [0.1, 0.15) is 12.1 Å². The molecule has 8 heteroatoms. The minimum Gasteiger partial charge on any atom is -0.482 e. The van der Waals surface area contributed by atoms with Gasteiger partial charge in [0.05, 0.1) is 17.1 Å². The zero-order valence-electron chi connectivity index (χ0n) is 15.9. The Morgan fingerprint density at radius 2 is 2.10 bits per heavy atom. The average molecular weight is 456 g/mol. The third kappa shape index (κ3) is 3.75. The van der Waals surface area contributed by atoms with Crippen LogP contribution in [-0.2, 0) is 11.3 Å². The summed E-state index contributed by atoms with van der Waals surface area (Å²) in [6.07, 6.45) is 3.21. The Kier molecular flexibility index (Phi) is 4.99. The van der Waals surface area contributed by atoms with Crippen molar-refractivity contribution in [2.24, 2.45) is 0 Å². The molecule has 0 saturated carbocycles. The van der Waals surface area contributed by atoms with Crippen LogP contribution >= 0.6 is 15.9 Å². The molecule has 0 unspecified atom stereocenters. The van der Waals surface area contributed by atoms with Gasteiger partial charge in [0.15, 0.2) is 6.61 Å². The molecule has 1 amide bonds. The van der Waals surface area contributed by atoms with Crippen molar-refractivity contribution in [3.8, 4) is 17.0 Å². The number of nitrogens with zero attached hydrogens (tertiary/aromatic N) is 3. The summed E-state index contributed by atoms with van der Waals surface area (Å²) in [4.78, 5) is 19.1. The Hall–Kier alpha value is -2.42. The molecule has 1 fully saturated rings. The number of ether oxygens (including phenoxy) is 1. The molecule has 0 atom stereocenters. The van der Waals surface area contributed by atoms with Crippen molar-refractivity contribution in [1.29, 1.82) is 0 Å². The second-order valence-electron chi connectivity index (χ2n) is 7.41. The maximum Gasteiger partial charge on any atom is 0.262 e. The molecular formula is C21H22BrN5O2. The normalized spacial score (nSPS) is 17.5. The highest BCUT2D eigenvalue weighted by Crippen LogP contribution is 2.34. The number of halogens is 1. The number of rotatable bonds is 3. The predicted molar refractivity (Wildman–Crippen MR) is 115 cm³/mol. The van der Waals surface area contributed by atoms with Gasteiger partial charge in [-0.15, -0.1) is 0 Å². The van der Waals surface area contributed by atoms with Crippen LogP contribution in [0.5, 0.6) is 5.75 Å². The summed E-state index contributed by atoms with van der Waals surface area (Å²) >= 11 is 3.59. The van der Waals surface area contributed by atoms with Crippen molar-refractivity contribution < 1.29 is 9.53 Å². The fourth-order valence-corrected chi connectivity index (χ4v) is 4.29. The molecule has 1 aromatic carbocycles. The lowest BCUT2D eigenvalue weighted by molar-refractivity contribution is -0.118. The number of nitrogens with one attached hydrogen (secondary N) is 2. The minimum atomic E-state index is -0.133. The molecular weight excluding hydrogens is 434 g/mol. The Balaban J connectivity index is 1.59. The number of pyridine rings is 1. The van der Waals surface area contributed by atoms with E-state index in [0.29, 0.717) is 11.4 Å². The van der Waals surface area contributed by atoms with E-state index in [2.05, 4.69) is 42.1 Å². The monoisotopic (exact) mass is 455 g/mol. The first-order valence-corrected chi connectivity index (χ1v) is 10.6. The van der Waals surface area contributed by atoms with E-state index < -0.39 is 0 Å². The third-order valence-corrected chi connectivity index (χ3v) is 5.84. The molecule has 2 N–H and O–H groups in total. The summed E-state index contributed by atoms with van der Waals surface area (Å²) in [6.45, 7) is 5.00. The molecule has 1 saturated heterocycles. The van der Waals surface area contributed by atoms with Gasteiger partial charge in [-0.2, -0.15) is 0 Å². The molecule has 0 aliphatic carbocycles. The summed E-state index contributed by atoms with van der Waals surface area (Å²) in [5.74, 6) is 0.561. The number of aromatic nitrogens is 2. The number of hydrogen-bond donors (Lipinski definition) is 2. The summed E-state index contributed by atoms with van der Waals surface area (Å²) in [7, 11) is 0. The molecule has 7 nitrogen and oxygen atoms in total. The molecule has 2 aromatic heterocycles. The fourth-order valence-electron chi connectivity index (χ4n) is 3.95. The maximum atomic E-state index is 11.7. The van der Waals surface area contributed by atoms with Crippen molar-refractivity contribution in [1.82, 2.24) is 19.6 Å². The average Bonchev–Trinajstić information content (AvgIpc) is 2.88. The zero-order chi connectivity index (χ0) is 19.8. The van der Waals surface area contributed by atoms with E-state index in [9.17, 15) is 4.79 Å². The van der Waals surface area contributed by atoms with Gasteiger partial charge in [-0.25, -0.2) is 4.98 Å². The van der Waals surface area contributed by atoms with E-state index in [-0.39, 0.29) is 12.5 Å². The lowest BCUT2D eigenvalue weighted by Gasteiger charge is -2.21. The lowest BCUT2D eigenvalue weighted by Crippen LogP contribution is -2.28. The SMILES string of the molecule is O=C1COc2ccc(-c3nc4ccc(Br)cn4c3CN3CCCNCC3)cc2N1. The number of imidazole rings is 1. The quantitative estimate of drug-likeness (QED) is 0.635. The van der Waals surface area contributed by atoms with Gasteiger partial charge in [0.1, 0.15) is 11.4 Å². The first-order chi connectivity index (χ1) is 14.2. The third-order valence-electron chi connectivity index (χ3n) is 5.37. The molecule has 2 aliphatic rings. The van der Waals surface area contributed by atoms with Gasteiger partial charge < -0.3 is 19.8 Å². The van der Waals surface area contributed by atoms with Crippen LogP contribution in [0.15, 0.2) is 41.0 Å². The maximum absolute atomic E-state index is 11.7. The summed E-state index contributed by atoms with van der Waals surface area (Å²) < 4.78 is 8.68.